The number of ether oxygens (including phenoxy) is 1. The van der Waals surface area contributed by atoms with Crippen molar-refractivity contribution in [3.8, 4) is 0 Å². The quantitative estimate of drug-likeness (QED) is 0.743. The number of carbonyl (C=O) groups is 1. The molecule has 2 aromatic rings. The van der Waals surface area contributed by atoms with Gasteiger partial charge in [0.05, 0.1) is 18.5 Å². The number of aliphatic hydroxyl groups is 1. The van der Waals surface area contributed by atoms with Crippen LogP contribution in [0.4, 0.5) is 0 Å². The van der Waals surface area contributed by atoms with Crippen molar-refractivity contribution in [3.63, 3.8) is 0 Å². The minimum Gasteiger partial charge on any atom is -0.431 e. The zero-order chi connectivity index (χ0) is 14.4. The molecule has 0 aliphatic rings. The molecular weight excluding hydrogens is 280 g/mol. The summed E-state index contributed by atoms with van der Waals surface area (Å²) < 4.78 is 10.3. The molecule has 0 aliphatic heterocycles. The van der Waals surface area contributed by atoms with Crippen molar-refractivity contribution >= 4 is 28.8 Å². The van der Waals surface area contributed by atoms with Crippen LogP contribution in [0, 0.1) is 0 Å². The molecule has 20 heavy (non-hydrogen) atoms. The number of rotatable bonds is 7. The Morgan fingerprint density at radius 2 is 2.35 bits per heavy atom. The van der Waals surface area contributed by atoms with Crippen LogP contribution < -0.4 is 5.32 Å². The molecule has 1 aromatic carbocycles. The van der Waals surface area contributed by atoms with Crippen molar-refractivity contribution in [3.05, 3.63) is 24.3 Å². The van der Waals surface area contributed by atoms with E-state index in [4.69, 9.17) is 9.15 Å². The maximum Gasteiger partial charge on any atom is 0.257 e. The highest BCUT2D eigenvalue weighted by molar-refractivity contribution is 7.99. The zero-order valence-corrected chi connectivity index (χ0v) is 11.9. The van der Waals surface area contributed by atoms with Gasteiger partial charge in [0.25, 0.3) is 5.22 Å². The second-order valence-corrected chi connectivity index (χ2v) is 5.08. The molecule has 6 nitrogen and oxygen atoms in total. The van der Waals surface area contributed by atoms with E-state index >= 15 is 0 Å². The fourth-order valence-electron chi connectivity index (χ4n) is 1.57. The summed E-state index contributed by atoms with van der Waals surface area (Å²) in [6.07, 6.45) is -0.696. The minimum absolute atomic E-state index is 0.167. The molecule has 2 N–H and O–H groups in total. The Kier molecular flexibility index (Phi) is 5.40. The number of hydrogen-bond donors (Lipinski definition) is 2. The number of amides is 1. The fourth-order valence-corrected chi connectivity index (χ4v) is 2.24. The first kappa shape index (κ1) is 14.8. The number of hydrogen-bond acceptors (Lipinski definition) is 6. The molecule has 1 heterocycles. The number of aliphatic hydroxyl groups excluding tert-OH is 1. The van der Waals surface area contributed by atoms with Crippen molar-refractivity contribution in [1.29, 1.82) is 0 Å². The molecule has 7 heteroatoms. The summed E-state index contributed by atoms with van der Waals surface area (Å²) >= 11 is 1.22. The van der Waals surface area contributed by atoms with Crippen molar-refractivity contribution < 1.29 is 19.1 Å². The van der Waals surface area contributed by atoms with Crippen LogP contribution in [0.3, 0.4) is 0 Å². The predicted molar refractivity (Wildman–Crippen MR) is 75.6 cm³/mol. The van der Waals surface area contributed by atoms with Gasteiger partial charge < -0.3 is 19.6 Å². The Bertz CT molecular complexity index is 539. The monoisotopic (exact) mass is 296 g/mol. The molecule has 1 unspecified atom stereocenters. The van der Waals surface area contributed by atoms with Crippen LogP contribution in [0.5, 0.6) is 0 Å². The van der Waals surface area contributed by atoms with Gasteiger partial charge >= 0.3 is 0 Å². The lowest BCUT2D eigenvalue weighted by molar-refractivity contribution is -0.119. The highest BCUT2D eigenvalue weighted by Gasteiger charge is 2.10. The third-order valence-corrected chi connectivity index (χ3v) is 3.32. The minimum atomic E-state index is -0.696. The number of oxazole rings is 1. The number of aromatic nitrogens is 1. The largest absolute Gasteiger partial charge is 0.431 e. The molecular formula is C13H16N2O4S. The molecule has 0 fully saturated rings. The Balaban J connectivity index is 1.78. The summed E-state index contributed by atoms with van der Waals surface area (Å²) in [7, 11) is 1.49. The highest BCUT2D eigenvalue weighted by Crippen LogP contribution is 2.22. The molecule has 2 rings (SSSR count). The Morgan fingerprint density at radius 3 is 3.10 bits per heavy atom. The van der Waals surface area contributed by atoms with E-state index in [0.717, 1.165) is 5.52 Å². The van der Waals surface area contributed by atoms with Gasteiger partial charge in [-0.2, -0.15) is 0 Å². The lowest BCUT2D eigenvalue weighted by atomic mass is 10.3. The van der Waals surface area contributed by atoms with Gasteiger partial charge in [0.1, 0.15) is 5.52 Å². The van der Waals surface area contributed by atoms with Crippen molar-refractivity contribution in [2.75, 3.05) is 26.0 Å². The number of nitrogens with zero attached hydrogens (tertiary/aromatic N) is 1. The smallest absolute Gasteiger partial charge is 0.257 e. The van der Waals surface area contributed by atoms with Crippen LogP contribution in [0.25, 0.3) is 11.1 Å². The van der Waals surface area contributed by atoms with E-state index in [-0.39, 0.29) is 24.8 Å². The van der Waals surface area contributed by atoms with Crippen LogP contribution in [0.15, 0.2) is 33.9 Å². The second kappa shape index (κ2) is 7.28. The van der Waals surface area contributed by atoms with E-state index in [1.165, 1.54) is 18.9 Å². The summed E-state index contributed by atoms with van der Waals surface area (Å²) in [6, 6.07) is 7.42. The van der Waals surface area contributed by atoms with Crippen molar-refractivity contribution in [2.45, 2.75) is 11.3 Å². The Morgan fingerprint density at radius 1 is 1.55 bits per heavy atom. The molecule has 1 amide bonds. The van der Waals surface area contributed by atoms with Gasteiger partial charge in [0, 0.05) is 13.7 Å². The molecule has 1 atom stereocenters. The van der Waals surface area contributed by atoms with Gasteiger partial charge in [0.15, 0.2) is 5.58 Å². The Labute approximate surface area is 120 Å². The van der Waals surface area contributed by atoms with Gasteiger partial charge in [-0.15, -0.1) is 0 Å². The lowest BCUT2D eigenvalue weighted by Crippen LogP contribution is -2.35. The van der Waals surface area contributed by atoms with E-state index < -0.39 is 6.10 Å². The summed E-state index contributed by atoms with van der Waals surface area (Å²) in [5, 5.41) is 12.5. The third-order valence-electron chi connectivity index (χ3n) is 2.49. The maximum atomic E-state index is 11.6. The first-order valence-corrected chi connectivity index (χ1v) is 7.09. The van der Waals surface area contributed by atoms with Crippen LogP contribution in [0.1, 0.15) is 0 Å². The molecule has 108 valence electrons. The SMILES string of the molecule is COCC(O)CNC(=O)CSc1nc2ccccc2o1. The average molecular weight is 296 g/mol. The van der Waals surface area contributed by atoms with Crippen molar-refractivity contribution in [1.82, 2.24) is 10.3 Å². The number of benzene rings is 1. The molecule has 0 saturated carbocycles. The van der Waals surface area contributed by atoms with Gasteiger partial charge in [0.2, 0.25) is 5.91 Å². The van der Waals surface area contributed by atoms with Gasteiger partial charge in [-0.25, -0.2) is 4.98 Å². The maximum absolute atomic E-state index is 11.6. The molecule has 0 bridgehead atoms. The molecule has 0 spiro atoms. The van der Waals surface area contributed by atoms with E-state index in [1.54, 1.807) is 0 Å². The van der Waals surface area contributed by atoms with Crippen LogP contribution in [-0.4, -0.2) is 48.1 Å². The number of thioether (sulfide) groups is 1. The summed E-state index contributed by atoms with van der Waals surface area (Å²) in [5.74, 6) is -0.000556. The van der Waals surface area contributed by atoms with E-state index in [9.17, 15) is 9.90 Å². The third kappa shape index (κ3) is 4.22. The summed E-state index contributed by atoms with van der Waals surface area (Å²) in [5.41, 5.74) is 1.47. The molecule has 1 aromatic heterocycles. The first-order chi connectivity index (χ1) is 9.69. The Hall–Kier alpha value is -1.57. The van der Waals surface area contributed by atoms with Crippen LogP contribution in [-0.2, 0) is 9.53 Å². The average Bonchev–Trinajstić information content (AvgIpc) is 2.86. The second-order valence-electron chi connectivity index (χ2n) is 4.15. The number of nitrogens with one attached hydrogen (secondary N) is 1. The van der Waals surface area contributed by atoms with E-state index in [2.05, 4.69) is 10.3 Å². The summed E-state index contributed by atoms with van der Waals surface area (Å²) in [4.78, 5) is 15.8. The zero-order valence-electron chi connectivity index (χ0n) is 11.0. The topological polar surface area (TPSA) is 84.6 Å². The fraction of sp³-hybridized carbons (Fsp3) is 0.385. The van der Waals surface area contributed by atoms with Crippen molar-refractivity contribution in [2.24, 2.45) is 0 Å². The normalized spacial score (nSPS) is 12.5. The number of methoxy groups -OCH3 is 1. The molecule has 0 aliphatic carbocycles. The molecule has 0 radical (unpaired) electrons. The van der Waals surface area contributed by atoms with Gasteiger partial charge in [-0.05, 0) is 12.1 Å². The first-order valence-electron chi connectivity index (χ1n) is 6.11. The van der Waals surface area contributed by atoms with Crippen LogP contribution in [0.2, 0.25) is 0 Å². The van der Waals surface area contributed by atoms with E-state index in [0.29, 0.717) is 10.8 Å². The number of fused-ring (bicyclic) bond motifs is 1. The summed E-state index contributed by atoms with van der Waals surface area (Å²) in [6.45, 7) is 0.360. The van der Waals surface area contributed by atoms with Crippen LogP contribution >= 0.6 is 11.8 Å². The standard InChI is InChI=1S/C13H16N2O4S/c1-18-7-9(16)6-14-12(17)8-20-13-15-10-4-2-3-5-11(10)19-13/h2-5,9,16H,6-8H2,1H3,(H,14,17). The highest BCUT2D eigenvalue weighted by atomic mass is 32.2. The molecule has 0 saturated heterocycles. The number of para-hydroxylation sites is 2. The predicted octanol–water partition coefficient (Wildman–Crippen LogP) is 1.04. The van der Waals surface area contributed by atoms with E-state index in [1.807, 2.05) is 24.3 Å². The van der Waals surface area contributed by atoms with Gasteiger partial charge in [-0.1, -0.05) is 23.9 Å². The number of carbonyl (C=O) groups excluding carboxylic acids is 1. The lowest BCUT2D eigenvalue weighted by Gasteiger charge is -2.09. The van der Waals surface area contributed by atoms with Gasteiger partial charge in [-0.3, -0.25) is 4.79 Å².